The summed E-state index contributed by atoms with van der Waals surface area (Å²) in [6.07, 6.45) is 10.7. The maximum atomic E-state index is 6.14. The molecule has 1 aromatic carbocycles. The van der Waals surface area contributed by atoms with Crippen LogP contribution in [0.3, 0.4) is 0 Å². The van der Waals surface area contributed by atoms with Crippen LogP contribution in [0.15, 0.2) is 18.2 Å². The predicted octanol–water partition coefficient (Wildman–Crippen LogP) is 5.53. The van der Waals surface area contributed by atoms with Gasteiger partial charge in [0, 0.05) is 17.8 Å². The van der Waals surface area contributed by atoms with E-state index in [9.17, 15) is 0 Å². The third kappa shape index (κ3) is 7.68. The minimum atomic E-state index is 0.342. The van der Waals surface area contributed by atoms with Gasteiger partial charge in [0.2, 0.25) is 0 Å². The van der Waals surface area contributed by atoms with Gasteiger partial charge in [-0.05, 0) is 24.6 Å². The lowest BCUT2D eigenvalue weighted by molar-refractivity contribution is 0.581. The van der Waals surface area contributed by atoms with Crippen molar-refractivity contribution < 1.29 is 0 Å². The van der Waals surface area contributed by atoms with Crippen molar-refractivity contribution in [2.24, 2.45) is 5.73 Å². The van der Waals surface area contributed by atoms with Crippen LogP contribution in [0.4, 0.5) is 5.69 Å². The topological polar surface area (TPSA) is 38.0 Å². The van der Waals surface area contributed by atoms with Crippen molar-refractivity contribution in [3.05, 3.63) is 28.8 Å². The van der Waals surface area contributed by atoms with E-state index in [2.05, 4.69) is 12.2 Å². The van der Waals surface area contributed by atoms with E-state index in [1.807, 2.05) is 18.2 Å². The van der Waals surface area contributed by atoms with Crippen molar-refractivity contribution in [2.75, 3.05) is 11.9 Å². The molecule has 0 saturated carbocycles. The molecule has 0 unspecified atom stereocenters. The lowest BCUT2D eigenvalue weighted by Gasteiger charge is -2.09. The number of halogens is 1. The van der Waals surface area contributed by atoms with Gasteiger partial charge in [-0.15, -0.1) is 0 Å². The maximum absolute atomic E-state index is 6.14. The fourth-order valence-corrected chi connectivity index (χ4v) is 2.83. The monoisotopic (exact) mass is 326 g/mol. The highest BCUT2D eigenvalue weighted by Gasteiger charge is 2.03. The Kier molecular flexibility index (Phi) is 9.44. The summed E-state index contributed by atoms with van der Waals surface area (Å²) in [5.41, 5.74) is 7.36. The molecule has 1 rings (SSSR count). The molecular formula is C17H27ClN2S. The number of anilines is 1. The van der Waals surface area contributed by atoms with Crippen LogP contribution in [-0.4, -0.2) is 11.5 Å². The lowest BCUT2D eigenvalue weighted by atomic mass is 10.1. The average molecular weight is 327 g/mol. The van der Waals surface area contributed by atoms with Gasteiger partial charge in [-0.1, -0.05) is 75.7 Å². The Labute approximate surface area is 139 Å². The molecule has 0 spiro atoms. The Bertz CT molecular complexity index is 435. The molecule has 118 valence electrons. The quantitative estimate of drug-likeness (QED) is 0.415. The number of rotatable bonds is 11. The number of hydrogen-bond acceptors (Lipinski definition) is 2. The van der Waals surface area contributed by atoms with Gasteiger partial charge >= 0.3 is 0 Å². The molecule has 0 amide bonds. The minimum absolute atomic E-state index is 0.342. The summed E-state index contributed by atoms with van der Waals surface area (Å²) >= 11 is 11.1. The zero-order chi connectivity index (χ0) is 15.5. The summed E-state index contributed by atoms with van der Waals surface area (Å²) in [4.78, 5) is 0.342. The molecule has 0 heterocycles. The Hall–Kier alpha value is -0.800. The second-order valence-corrected chi connectivity index (χ2v) is 6.31. The molecule has 4 heteroatoms. The Morgan fingerprint density at radius 1 is 1.10 bits per heavy atom. The van der Waals surface area contributed by atoms with Crippen molar-refractivity contribution in [3.63, 3.8) is 0 Å². The van der Waals surface area contributed by atoms with Gasteiger partial charge < -0.3 is 11.1 Å². The molecule has 21 heavy (non-hydrogen) atoms. The van der Waals surface area contributed by atoms with Crippen LogP contribution < -0.4 is 11.1 Å². The Morgan fingerprint density at radius 2 is 1.71 bits per heavy atom. The van der Waals surface area contributed by atoms with Crippen LogP contribution in [-0.2, 0) is 0 Å². The zero-order valence-corrected chi connectivity index (χ0v) is 14.5. The normalized spacial score (nSPS) is 10.6. The highest BCUT2D eigenvalue weighted by atomic mass is 35.5. The molecule has 1 aromatic rings. The number of hydrogen-bond donors (Lipinski definition) is 2. The van der Waals surface area contributed by atoms with E-state index < -0.39 is 0 Å². The summed E-state index contributed by atoms with van der Waals surface area (Å²) in [5, 5.41) is 4.01. The molecule has 0 aromatic heterocycles. The van der Waals surface area contributed by atoms with E-state index in [0.29, 0.717) is 10.0 Å². The fraction of sp³-hybridized carbons (Fsp3) is 0.588. The molecule has 0 radical (unpaired) electrons. The van der Waals surface area contributed by atoms with E-state index in [1.54, 1.807) is 0 Å². The fourth-order valence-electron chi connectivity index (χ4n) is 2.32. The largest absolute Gasteiger partial charge is 0.389 e. The SMILES string of the molecule is CCCCCCCCCCNc1ccc(C(N)=S)c(Cl)c1. The summed E-state index contributed by atoms with van der Waals surface area (Å²) in [5.74, 6) is 0. The highest BCUT2D eigenvalue weighted by Crippen LogP contribution is 2.21. The van der Waals surface area contributed by atoms with Gasteiger partial charge in [0.15, 0.2) is 0 Å². The van der Waals surface area contributed by atoms with E-state index >= 15 is 0 Å². The molecule has 0 aliphatic carbocycles. The van der Waals surface area contributed by atoms with E-state index in [4.69, 9.17) is 29.6 Å². The molecule has 0 fully saturated rings. The Balaban J connectivity index is 2.13. The third-order valence-electron chi connectivity index (χ3n) is 3.59. The first kappa shape index (κ1) is 18.2. The molecule has 0 saturated heterocycles. The lowest BCUT2D eigenvalue weighted by Crippen LogP contribution is -2.10. The van der Waals surface area contributed by atoms with Crippen LogP contribution >= 0.6 is 23.8 Å². The summed E-state index contributed by atoms with van der Waals surface area (Å²) < 4.78 is 0. The molecule has 3 N–H and O–H groups in total. The summed E-state index contributed by atoms with van der Waals surface area (Å²) in [7, 11) is 0. The van der Waals surface area contributed by atoms with Gasteiger partial charge in [0.05, 0.1) is 5.02 Å². The average Bonchev–Trinajstić information content (AvgIpc) is 2.45. The Morgan fingerprint density at radius 3 is 2.29 bits per heavy atom. The van der Waals surface area contributed by atoms with Crippen molar-refractivity contribution in [3.8, 4) is 0 Å². The number of nitrogens with one attached hydrogen (secondary N) is 1. The van der Waals surface area contributed by atoms with Gasteiger partial charge in [0.1, 0.15) is 4.99 Å². The van der Waals surface area contributed by atoms with Crippen LogP contribution in [0.25, 0.3) is 0 Å². The van der Waals surface area contributed by atoms with Gasteiger partial charge in [-0.2, -0.15) is 0 Å². The van der Waals surface area contributed by atoms with Crippen molar-refractivity contribution in [1.82, 2.24) is 0 Å². The number of unbranched alkanes of at least 4 members (excludes halogenated alkanes) is 7. The zero-order valence-electron chi connectivity index (χ0n) is 13.0. The van der Waals surface area contributed by atoms with E-state index in [1.165, 1.54) is 51.4 Å². The second-order valence-electron chi connectivity index (χ2n) is 5.46. The summed E-state index contributed by atoms with van der Waals surface area (Å²) in [6, 6.07) is 5.74. The smallest absolute Gasteiger partial charge is 0.105 e. The van der Waals surface area contributed by atoms with Crippen molar-refractivity contribution in [1.29, 1.82) is 0 Å². The molecule has 0 aliphatic rings. The first-order valence-electron chi connectivity index (χ1n) is 7.98. The highest BCUT2D eigenvalue weighted by molar-refractivity contribution is 7.80. The number of benzene rings is 1. The van der Waals surface area contributed by atoms with Gasteiger partial charge in [0.25, 0.3) is 0 Å². The molecule has 0 aliphatic heterocycles. The molecule has 2 nitrogen and oxygen atoms in total. The predicted molar refractivity (Wildman–Crippen MR) is 98.4 cm³/mol. The minimum Gasteiger partial charge on any atom is -0.389 e. The maximum Gasteiger partial charge on any atom is 0.105 e. The number of nitrogens with two attached hydrogens (primary N) is 1. The second kappa shape index (κ2) is 10.9. The first-order valence-corrected chi connectivity index (χ1v) is 8.77. The molecule has 0 bridgehead atoms. The van der Waals surface area contributed by atoms with E-state index in [-0.39, 0.29) is 0 Å². The summed E-state index contributed by atoms with van der Waals surface area (Å²) in [6.45, 7) is 3.24. The van der Waals surface area contributed by atoms with Gasteiger partial charge in [-0.3, -0.25) is 0 Å². The standard InChI is InChI=1S/C17H27ClN2S/c1-2-3-4-5-6-7-8-9-12-20-14-10-11-15(17(19)21)16(18)13-14/h10-11,13,20H,2-9,12H2,1H3,(H2,19,21). The van der Waals surface area contributed by atoms with Crippen LogP contribution in [0.1, 0.15) is 63.9 Å². The van der Waals surface area contributed by atoms with Crippen LogP contribution in [0.2, 0.25) is 5.02 Å². The number of thiocarbonyl (C=S) groups is 1. The van der Waals surface area contributed by atoms with Crippen LogP contribution in [0, 0.1) is 0 Å². The third-order valence-corrected chi connectivity index (χ3v) is 4.13. The first-order chi connectivity index (χ1) is 10.1. The van der Waals surface area contributed by atoms with E-state index in [0.717, 1.165) is 17.8 Å². The molecular weight excluding hydrogens is 300 g/mol. The van der Waals surface area contributed by atoms with Crippen LogP contribution in [0.5, 0.6) is 0 Å². The van der Waals surface area contributed by atoms with Crippen molar-refractivity contribution in [2.45, 2.75) is 58.3 Å². The molecule has 0 atom stereocenters. The van der Waals surface area contributed by atoms with Crippen molar-refractivity contribution >= 4 is 34.5 Å². The van der Waals surface area contributed by atoms with Gasteiger partial charge in [-0.25, -0.2) is 0 Å².